The van der Waals surface area contributed by atoms with Crippen LogP contribution in [-0.4, -0.2) is 0 Å². The molecule has 1 nitrogen and oxygen atoms in total. The summed E-state index contributed by atoms with van der Waals surface area (Å²) in [5.74, 6) is -0.392. The standard InChI is InChI=1S/C12H5BrClFO/c13-6-4-7-11-8(14)2-1-3-10(11)16-12(7)9(15)5-6/h1-5H. The number of hydrogen-bond donors (Lipinski definition) is 0. The van der Waals surface area contributed by atoms with Gasteiger partial charge in [0.15, 0.2) is 11.4 Å². The maximum Gasteiger partial charge on any atom is 0.171 e. The molecule has 0 N–H and O–H groups in total. The summed E-state index contributed by atoms with van der Waals surface area (Å²) in [6, 6.07) is 8.49. The maximum absolute atomic E-state index is 13.7. The zero-order valence-electron chi connectivity index (χ0n) is 7.93. The quantitative estimate of drug-likeness (QED) is 0.560. The van der Waals surface area contributed by atoms with Gasteiger partial charge in [-0.25, -0.2) is 4.39 Å². The van der Waals surface area contributed by atoms with E-state index in [1.165, 1.54) is 6.07 Å². The van der Waals surface area contributed by atoms with Crippen molar-refractivity contribution < 1.29 is 8.81 Å². The van der Waals surface area contributed by atoms with Gasteiger partial charge < -0.3 is 4.42 Å². The number of fused-ring (bicyclic) bond motifs is 3. The second-order valence-electron chi connectivity index (χ2n) is 3.48. The van der Waals surface area contributed by atoms with E-state index in [9.17, 15) is 4.39 Å². The zero-order chi connectivity index (χ0) is 11.3. The van der Waals surface area contributed by atoms with Gasteiger partial charge in [-0.05, 0) is 24.3 Å². The fourth-order valence-electron chi connectivity index (χ4n) is 1.81. The summed E-state index contributed by atoms with van der Waals surface area (Å²) in [5, 5.41) is 2.00. The summed E-state index contributed by atoms with van der Waals surface area (Å²) in [7, 11) is 0. The molecule has 0 atom stereocenters. The van der Waals surface area contributed by atoms with Gasteiger partial charge in [0.2, 0.25) is 0 Å². The molecule has 1 heterocycles. The molecule has 0 radical (unpaired) electrons. The molecule has 0 fully saturated rings. The third kappa shape index (κ3) is 1.35. The minimum atomic E-state index is -0.392. The van der Waals surface area contributed by atoms with Crippen LogP contribution in [-0.2, 0) is 0 Å². The number of benzene rings is 2. The molecule has 1 aromatic heterocycles. The molecule has 2 aromatic carbocycles. The van der Waals surface area contributed by atoms with Crippen LogP contribution in [0.1, 0.15) is 0 Å². The minimum Gasteiger partial charge on any atom is -0.453 e. The van der Waals surface area contributed by atoms with Crippen LogP contribution in [0.25, 0.3) is 21.9 Å². The molecule has 0 aliphatic rings. The highest BCUT2D eigenvalue weighted by atomic mass is 79.9. The first-order valence-corrected chi connectivity index (χ1v) is 5.79. The first-order valence-electron chi connectivity index (χ1n) is 4.62. The zero-order valence-corrected chi connectivity index (χ0v) is 10.3. The number of furan rings is 1. The van der Waals surface area contributed by atoms with Gasteiger partial charge in [0, 0.05) is 15.2 Å². The molecule has 0 aliphatic carbocycles. The van der Waals surface area contributed by atoms with Crippen LogP contribution in [0.15, 0.2) is 39.2 Å². The molecule has 16 heavy (non-hydrogen) atoms. The normalized spacial score (nSPS) is 11.4. The largest absolute Gasteiger partial charge is 0.453 e. The Morgan fingerprint density at radius 2 is 2.06 bits per heavy atom. The number of hydrogen-bond acceptors (Lipinski definition) is 1. The number of halogens is 3. The fourth-order valence-corrected chi connectivity index (χ4v) is 2.51. The molecule has 3 rings (SSSR count). The Morgan fingerprint density at radius 3 is 2.88 bits per heavy atom. The van der Waals surface area contributed by atoms with Crippen molar-refractivity contribution in [3.8, 4) is 0 Å². The van der Waals surface area contributed by atoms with E-state index < -0.39 is 5.82 Å². The van der Waals surface area contributed by atoms with E-state index in [1.807, 2.05) is 0 Å². The molecular weight excluding hydrogens is 294 g/mol. The van der Waals surface area contributed by atoms with Gasteiger partial charge >= 0.3 is 0 Å². The SMILES string of the molecule is Fc1cc(Br)cc2c1oc1cccc(Cl)c12. The van der Waals surface area contributed by atoms with Crippen LogP contribution >= 0.6 is 27.5 Å². The third-order valence-electron chi connectivity index (χ3n) is 2.47. The first-order chi connectivity index (χ1) is 7.66. The second kappa shape index (κ2) is 3.47. The molecule has 0 amide bonds. The molecule has 80 valence electrons. The van der Waals surface area contributed by atoms with Crippen LogP contribution in [0.3, 0.4) is 0 Å². The first kappa shape index (κ1) is 10.1. The van der Waals surface area contributed by atoms with E-state index in [1.54, 1.807) is 24.3 Å². The van der Waals surface area contributed by atoms with Crippen LogP contribution in [0.4, 0.5) is 4.39 Å². The highest BCUT2D eigenvalue weighted by Crippen LogP contribution is 2.36. The van der Waals surface area contributed by atoms with Crippen molar-refractivity contribution in [3.63, 3.8) is 0 Å². The van der Waals surface area contributed by atoms with E-state index in [0.29, 0.717) is 20.5 Å². The Morgan fingerprint density at radius 1 is 1.25 bits per heavy atom. The van der Waals surface area contributed by atoms with E-state index >= 15 is 0 Å². The third-order valence-corrected chi connectivity index (χ3v) is 3.24. The fraction of sp³-hybridized carbons (Fsp3) is 0. The summed E-state index contributed by atoms with van der Waals surface area (Å²) < 4.78 is 19.8. The van der Waals surface area contributed by atoms with E-state index in [0.717, 1.165) is 5.39 Å². The maximum atomic E-state index is 13.7. The van der Waals surface area contributed by atoms with Gasteiger partial charge in [0.1, 0.15) is 5.58 Å². The monoisotopic (exact) mass is 298 g/mol. The topological polar surface area (TPSA) is 13.1 Å². The van der Waals surface area contributed by atoms with Gasteiger partial charge in [0.05, 0.1) is 5.02 Å². The second-order valence-corrected chi connectivity index (χ2v) is 4.80. The van der Waals surface area contributed by atoms with Crippen molar-refractivity contribution in [1.82, 2.24) is 0 Å². The molecule has 0 bridgehead atoms. The van der Waals surface area contributed by atoms with Crippen LogP contribution in [0.5, 0.6) is 0 Å². The Kier molecular flexibility index (Phi) is 2.19. The average Bonchev–Trinajstić information content (AvgIpc) is 2.58. The molecule has 3 aromatic rings. The predicted molar refractivity (Wildman–Crippen MR) is 66.4 cm³/mol. The molecule has 0 saturated carbocycles. The smallest absolute Gasteiger partial charge is 0.171 e. The van der Waals surface area contributed by atoms with Crippen molar-refractivity contribution >= 4 is 49.5 Å². The van der Waals surface area contributed by atoms with Crippen molar-refractivity contribution in [2.24, 2.45) is 0 Å². The van der Waals surface area contributed by atoms with E-state index in [2.05, 4.69) is 15.9 Å². The minimum absolute atomic E-state index is 0.242. The van der Waals surface area contributed by atoms with Gasteiger partial charge in [-0.3, -0.25) is 0 Å². The lowest BCUT2D eigenvalue weighted by molar-refractivity contribution is 0.583. The average molecular weight is 300 g/mol. The lowest BCUT2D eigenvalue weighted by Gasteiger charge is -1.94. The molecule has 0 aliphatic heterocycles. The predicted octanol–water partition coefficient (Wildman–Crippen LogP) is 5.14. The van der Waals surface area contributed by atoms with Crippen molar-refractivity contribution in [1.29, 1.82) is 0 Å². The van der Waals surface area contributed by atoms with E-state index in [4.69, 9.17) is 16.0 Å². The molecule has 0 unspecified atom stereocenters. The highest BCUT2D eigenvalue weighted by molar-refractivity contribution is 9.10. The van der Waals surface area contributed by atoms with Crippen molar-refractivity contribution in [2.75, 3.05) is 0 Å². The summed E-state index contributed by atoms with van der Waals surface area (Å²) in [6.45, 7) is 0. The van der Waals surface area contributed by atoms with Crippen LogP contribution in [0, 0.1) is 5.82 Å². The van der Waals surface area contributed by atoms with Gasteiger partial charge in [-0.1, -0.05) is 33.6 Å². The summed E-state index contributed by atoms with van der Waals surface area (Å²) in [6.07, 6.45) is 0. The van der Waals surface area contributed by atoms with E-state index in [-0.39, 0.29) is 5.58 Å². The van der Waals surface area contributed by atoms with Crippen LogP contribution in [0.2, 0.25) is 5.02 Å². The molecule has 4 heteroatoms. The Labute approximate surface area is 104 Å². The summed E-state index contributed by atoms with van der Waals surface area (Å²) >= 11 is 9.34. The van der Waals surface area contributed by atoms with Gasteiger partial charge in [-0.15, -0.1) is 0 Å². The lowest BCUT2D eigenvalue weighted by atomic mass is 10.1. The van der Waals surface area contributed by atoms with Crippen molar-refractivity contribution in [2.45, 2.75) is 0 Å². The Balaban J connectivity index is 2.63. The summed E-state index contributed by atoms with van der Waals surface area (Å²) in [4.78, 5) is 0. The molecule has 0 spiro atoms. The highest BCUT2D eigenvalue weighted by Gasteiger charge is 2.13. The Hall–Kier alpha value is -1.06. The molecular formula is C12H5BrClFO. The Bertz CT molecular complexity index is 705. The van der Waals surface area contributed by atoms with Gasteiger partial charge in [0.25, 0.3) is 0 Å². The van der Waals surface area contributed by atoms with Gasteiger partial charge in [-0.2, -0.15) is 0 Å². The van der Waals surface area contributed by atoms with Crippen molar-refractivity contribution in [3.05, 3.63) is 45.6 Å². The summed E-state index contributed by atoms with van der Waals surface area (Å²) in [5.41, 5.74) is 0.839. The molecule has 0 saturated heterocycles. The number of rotatable bonds is 0. The lowest BCUT2D eigenvalue weighted by Crippen LogP contribution is -1.75. The van der Waals surface area contributed by atoms with Crippen LogP contribution < -0.4 is 0 Å².